The van der Waals surface area contributed by atoms with Crippen LogP contribution in [0.2, 0.25) is 0 Å². The molecule has 23 heavy (non-hydrogen) atoms. The van der Waals surface area contributed by atoms with E-state index in [-0.39, 0.29) is 5.91 Å². The molecule has 1 heterocycles. The number of carbonyl (C=O) groups is 1. The lowest BCUT2D eigenvalue weighted by Gasteiger charge is -2.07. The minimum Gasteiger partial charge on any atom is -0.497 e. The van der Waals surface area contributed by atoms with Gasteiger partial charge in [0.05, 0.1) is 24.6 Å². The number of amides is 1. The lowest BCUT2D eigenvalue weighted by atomic mass is 10.1. The summed E-state index contributed by atoms with van der Waals surface area (Å²) in [6.07, 6.45) is 0.336. The second-order valence-corrected chi connectivity index (χ2v) is 5.48. The smallest absolute Gasteiger partial charge is 0.224 e. The third-order valence-corrected chi connectivity index (χ3v) is 3.65. The highest BCUT2D eigenvalue weighted by Crippen LogP contribution is 2.14. The molecule has 118 valence electrons. The second-order valence-electron chi connectivity index (χ2n) is 5.48. The van der Waals surface area contributed by atoms with E-state index < -0.39 is 0 Å². The number of methoxy groups -OCH3 is 1. The van der Waals surface area contributed by atoms with E-state index >= 15 is 0 Å². The summed E-state index contributed by atoms with van der Waals surface area (Å²) in [6, 6.07) is 13.5. The molecule has 5 heteroatoms. The Morgan fingerprint density at radius 3 is 2.91 bits per heavy atom. The predicted molar refractivity (Wildman–Crippen MR) is 89.4 cm³/mol. The third kappa shape index (κ3) is 3.69. The fourth-order valence-corrected chi connectivity index (χ4v) is 2.53. The molecule has 0 aliphatic carbocycles. The number of H-pyrrole nitrogens is 1. The molecule has 0 fully saturated rings. The predicted octanol–water partition coefficient (Wildman–Crippen LogP) is 2.74. The van der Waals surface area contributed by atoms with Crippen LogP contribution in [-0.2, 0) is 17.8 Å². The summed E-state index contributed by atoms with van der Waals surface area (Å²) >= 11 is 0. The Hall–Kier alpha value is -2.82. The van der Waals surface area contributed by atoms with Crippen LogP contribution in [0.25, 0.3) is 11.0 Å². The van der Waals surface area contributed by atoms with E-state index in [2.05, 4.69) is 15.3 Å². The van der Waals surface area contributed by atoms with Gasteiger partial charge in [-0.3, -0.25) is 4.79 Å². The molecule has 5 nitrogen and oxygen atoms in total. The number of ether oxygens (including phenoxy) is 1. The molecular formula is C18H19N3O2. The first-order valence-electron chi connectivity index (χ1n) is 7.49. The van der Waals surface area contributed by atoms with Crippen LogP contribution in [0, 0.1) is 6.92 Å². The van der Waals surface area contributed by atoms with Crippen molar-refractivity contribution in [1.29, 1.82) is 0 Å². The summed E-state index contributed by atoms with van der Waals surface area (Å²) in [6.45, 7) is 2.42. The Labute approximate surface area is 134 Å². The first kappa shape index (κ1) is 15.1. The topological polar surface area (TPSA) is 67.0 Å². The first-order chi connectivity index (χ1) is 11.1. The van der Waals surface area contributed by atoms with E-state index in [4.69, 9.17) is 4.74 Å². The van der Waals surface area contributed by atoms with Crippen molar-refractivity contribution in [3.63, 3.8) is 0 Å². The van der Waals surface area contributed by atoms with Crippen molar-refractivity contribution in [2.75, 3.05) is 7.11 Å². The van der Waals surface area contributed by atoms with Gasteiger partial charge in [-0.1, -0.05) is 18.2 Å². The molecule has 0 radical (unpaired) electrons. The molecule has 0 aliphatic rings. The fraction of sp³-hybridized carbons (Fsp3) is 0.222. The van der Waals surface area contributed by atoms with Gasteiger partial charge in [0.1, 0.15) is 11.6 Å². The Morgan fingerprint density at radius 1 is 1.22 bits per heavy atom. The van der Waals surface area contributed by atoms with Crippen LogP contribution in [0.5, 0.6) is 5.75 Å². The molecule has 0 atom stereocenters. The third-order valence-electron chi connectivity index (χ3n) is 3.65. The molecule has 1 aromatic heterocycles. The minimum atomic E-state index is -0.0147. The van der Waals surface area contributed by atoms with Crippen molar-refractivity contribution < 1.29 is 9.53 Å². The summed E-state index contributed by atoms with van der Waals surface area (Å²) in [5, 5.41) is 2.94. The van der Waals surface area contributed by atoms with Crippen LogP contribution in [0.1, 0.15) is 17.0 Å². The van der Waals surface area contributed by atoms with Crippen LogP contribution >= 0.6 is 0 Å². The summed E-state index contributed by atoms with van der Waals surface area (Å²) in [4.78, 5) is 19.6. The number of nitrogens with zero attached hydrogens (tertiary/aromatic N) is 1. The van der Waals surface area contributed by atoms with Crippen LogP contribution in [0.4, 0.5) is 0 Å². The quantitative estimate of drug-likeness (QED) is 0.761. The number of aryl methyl sites for hydroxylation is 1. The van der Waals surface area contributed by atoms with Crippen molar-refractivity contribution >= 4 is 16.9 Å². The SMILES string of the molecule is COc1cccc(CC(=O)NCc2ccc3nc(C)[nH]c3c2)c1. The number of nitrogens with one attached hydrogen (secondary N) is 2. The van der Waals surface area contributed by atoms with E-state index in [1.165, 1.54) is 0 Å². The molecule has 3 rings (SSSR count). The monoisotopic (exact) mass is 309 g/mol. The molecular weight excluding hydrogens is 290 g/mol. The summed E-state index contributed by atoms with van der Waals surface area (Å²) < 4.78 is 5.17. The Morgan fingerprint density at radius 2 is 2.09 bits per heavy atom. The molecule has 2 aromatic carbocycles. The number of aromatic nitrogens is 2. The average Bonchev–Trinajstić information content (AvgIpc) is 2.92. The average molecular weight is 309 g/mol. The van der Waals surface area contributed by atoms with Crippen molar-refractivity contribution in [2.45, 2.75) is 19.9 Å². The number of aromatic amines is 1. The number of imidazole rings is 1. The van der Waals surface area contributed by atoms with E-state index in [0.717, 1.165) is 33.7 Å². The van der Waals surface area contributed by atoms with E-state index in [9.17, 15) is 4.79 Å². The van der Waals surface area contributed by atoms with Crippen molar-refractivity contribution in [2.24, 2.45) is 0 Å². The van der Waals surface area contributed by atoms with Crippen LogP contribution in [0.15, 0.2) is 42.5 Å². The largest absolute Gasteiger partial charge is 0.497 e. The number of hydrogen-bond donors (Lipinski definition) is 2. The lowest BCUT2D eigenvalue weighted by molar-refractivity contribution is -0.120. The van der Waals surface area contributed by atoms with Gasteiger partial charge in [-0.05, 0) is 42.3 Å². The molecule has 1 amide bonds. The van der Waals surface area contributed by atoms with Gasteiger partial charge in [0, 0.05) is 6.54 Å². The zero-order valence-electron chi connectivity index (χ0n) is 13.2. The van der Waals surface area contributed by atoms with Gasteiger partial charge in [-0.25, -0.2) is 4.98 Å². The van der Waals surface area contributed by atoms with Crippen molar-refractivity contribution in [1.82, 2.24) is 15.3 Å². The van der Waals surface area contributed by atoms with Gasteiger partial charge in [0.15, 0.2) is 0 Å². The fourth-order valence-electron chi connectivity index (χ4n) is 2.53. The summed E-state index contributed by atoms with van der Waals surface area (Å²) in [5.41, 5.74) is 3.90. The zero-order valence-corrected chi connectivity index (χ0v) is 13.2. The van der Waals surface area contributed by atoms with Crippen molar-refractivity contribution in [3.05, 3.63) is 59.4 Å². The standard InChI is InChI=1S/C18H19N3O2/c1-12-20-16-7-6-14(9-17(16)21-12)11-19-18(22)10-13-4-3-5-15(8-13)23-2/h3-9H,10-11H2,1-2H3,(H,19,22)(H,20,21). The van der Waals surface area contributed by atoms with Gasteiger partial charge in [0.2, 0.25) is 5.91 Å². The Bertz CT molecular complexity index is 839. The number of carbonyl (C=O) groups excluding carboxylic acids is 1. The van der Waals surface area contributed by atoms with Crippen LogP contribution < -0.4 is 10.1 Å². The number of hydrogen-bond acceptors (Lipinski definition) is 3. The number of rotatable bonds is 5. The second kappa shape index (κ2) is 6.52. The maximum absolute atomic E-state index is 12.1. The first-order valence-corrected chi connectivity index (χ1v) is 7.49. The highest BCUT2D eigenvalue weighted by Gasteiger charge is 2.06. The van der Waals surface area contributed by atoms with Gasteiger partial charge >= 0.3 is 0 Å². The van der Waals surface area contributed by atoms with Gasteiger partial charge in [-0.2, -0.15) is 0 Å². The molecule has 0 aliphatic heterocycles. The molecule has 0 spiro atoms. The Kier molecular flexibility index (Phi) is 4.28. The number of benzene rings is 2. The van der Waals surface area contributed by atoms with Gasteiger partial charge in [0.25, 0.3) is 0 Å². The number of fused-ring (bicyclic) bond motifs is 1. The van der Waals surface area contributed by atoms with E-state index in [1.807, 2.05) is 49.4 Å². The highest BCUT2D eigenvalue weighted by molar-refractivity contribution is 5.79. The van der Waals surface area contributed by atoms with Gasteiger partial charge in [-0.15, -0.1) is 0 Å². The molecule has 0 unspecified atom stereocenters. The summed E-state index contributed by atoms with van der Waals surface area (Å²) in [5.74, 6) is 1.63. The van der Waals surface area contributed by atoms with Crippen molar-refractivity contribution in [3.8, 4) is 5.75 Å². The Balaban J connectivity index is 1.61. The molecule has 2 N–H and O–H groups in total. The van der Waals surface area contributed by atoms with Crippen LogP contribution in [-0.4, -0.2) is 23.0 Å². The summed E-state index contributed by atoms with van der Waals surface area (Å²) in [7, 11) is 1.62. The maximum Gasteiger partial charge on any atom is 0.224 e. The molecule has 3 aromatic rings. The normalized spacial score (nSPS) is 10.7. The molecule has 0 saturated carbocycles. The van der Waals surface area contributed by atoms with E-state index in [0.29, 0.717) is 13.0 Å². The maximum atomic E-state index is 12.1. The van der Waals surface area contributed by atoms with E-state index in [1.54, 1.807) is 7.11 Å². The molecule has 0 bridgehead atoms. The van der Waals surface area contributed by atoms with Gasteiger partial charge < -0.3 is 15.0 Å². The highest BCUT2D eigenvalue weighted by atomic mass is 16.5. The van der Waals surface area contributed by atoms with Crippen LogP contribution in [0.3, 0.4) is 0 Å². The zero-order chi connectivity index (χ0) is 16.2. The molecule has 0 saturated heterocycles. The minimum absolute atomic E-state index is 0.0147. The lowest BCUT2D eigenvalue weighted by Crippen LogP contribution is -2.24.